The SMILES string of the molecule is COC1CN(S(=O)(=O)c2ccn[nH]2)CCC1C. The highest BCUT2D eigenvalue weighted by atomic mass is 32.2. The number of nitrogens with zero attached hydrogens (tertiary/aromatic N) is 2. The van der Waals surface area contributed by atoms with Crippen molar-refractivity contribution in [2.75, 3.05) is 20.2 Å². The molecular formula is C10H17N3O3S. The molecule has 0 radical (unpaired) electrons. The summed E-state index contributed by atoms with van der Waals surface area (Å²) in [4.78, 5) is 0. The van der Waals surface area contributed by atoms with E-state index >= 15 is 0 Å². The summed E-state index contributed by atoms with van der Waals surface area (Å²) >= 11 is 0. The number of piperidine rings is 1. The van der Waals surface area contributed by atoms with E-state index in [0.29, 0.717) is 19.0 Å². The lowest BCUT2D eigenvalue weighted by Gasteiger charge is -2.34. The number of nitrogens with one attached hydrogen (secondary N) is 1. The lowest BCUT2D eigenvalue weighted by Crippen LogP contribution is -2.46. The van der Waals surface area contributed by atoms with Crippen LogP contribution in [0.25, 0.3) is 0 Å². The lowest BCUT2D eigenvalue weighted by molar-refractivity contribution is 0.0183. The molecule has 0 aromatic carbocycles. The van der Waals surface area contributed by atoms with Gasteiger partial charge in [0.05, 0.1) is 12.3 Å². The first kappa shape index (κ1) is 12.5. The van der Waals surface area contributed by atoms with Gasteiger partial charge in [0.2, 0.25) is 0 Å². The van der Waals surface area contributed by atoms with Crippen LogP contribution in [0.2, 0.25) is 0 Å². The zero-order valence-electron chi connectivity index (χ0n) is 9.96. The number of ether oxygens (including phenoxy) is 1. The molecule has 2 unspecified atom stereocenters. The van der Waals surface area contributed by atoms with Crippen molar-refractivity contribution in [2.45, 2.75) is 24.5 Å². The van der Waals surface area contributed by atoms with Gasteiger partial charge in [-0.15, -0.1) is 0 Å². The minimum Gasteiger partial charge on any atom is -0.380 e. The molecule has 1 aromatic heterocycles. The number of rotatable bonds is 3. The van der Waals surface area contributed by atoms with Gasteiger partial charge in [-0.25, -0.2) is 8.42 Å². The van der Waals surface area contributed by atoms with Crippen LogP contribution in [0.4, 0.5) is 0 Å². The zero-order chi connectivity index (χ0) is 12.5. The Hall–Kier alpha value is -0.920. The number of sulfonamides is 1. The molecule has 1 fully saturated rings. The molecule has 0 saturated carbocycles. The smallest absolute Gasteiger partial charge is 0.260 e. The number of hydrogen-bond donors (Lipinski definition) is 1. The second-order valence-electron chi connectivity index (χ2n) is 4.32. The second-order valence-corrected chi connectivity index (χ2v) is 6.23. The predicted octanol–water partition coefficient (Wildman–Crippen LogP) is 0.455. The summed E-state index contributed by atoms with van der Waals surface area (Å²) in [5, 5.41) is 6.31. The third-order valence-corrected chi connectivity index (χ3v) is 5.04. The Morgan fingerprint density at radius 2 is 2.35 bits per heavy atom. The van der Waals surface area contributed by atoms with Gasteiger partial charge in [-0.3, -0.25) is 5.10 Å². The van der Waals surface area contributed by atoms with Crippen molar-refractivity contribution in [3.8, 4) is 0 Å². The number of methoxy groups -OCH3 is 1. The quantitative estimate of drug-likeness (QED) is 0.855. The van der Waals surface area contributed by atoms with Crippen LogP contribution in [0.5, 0.6) is 0 Å². The minimum atomic E-state index is -3.45. The topological polar surface area (TPSA) is 75.3 Å². The van der Waals surface area contributed by atoms with Crippen LogP contribution < -0.4 is 0 Å². The Balaban J connectivity index is 2.19. The average Bonchev–Trinajstić information content (AvgIpc) is 2.83. The molecule has 0 amide bonds. The first-order chi connectivity index (χ1) is 8.05. The summed E-state index contributed by atoms with van der Waals surface area (Å²) in [5.41, 5.74) is 0. The predicted molar refractivity (Wildman–Crippen MR) is 61.9 cm³/mol. The highest BCUT2D eigenvalue weighted by Gasteiger charge is 2.34. The molecule has 0 aliphatic carbocycles. The van der Waals surface area contributed by atoms with Gasteiger partial charge in [-0.05, 0) is 18.4 Å². The van der Waals surface area contributed by atoms with Crippen molar-refractivity contribution < 1.29 is 13.2 Å². The molecule has 7 heteroatoms. The Morgan fingerprint density at radius 1 is 1.59 bits per heavy atom. The molecule has 1 saturated heterocycles. The van der Waals surface area contributed by atoms with Gasteiger partial charge in [0.15, 0.2) is 5.03 Å². The Bertz CT molecular complexity index is 457. The molecule has 1 aliphatic rings. The summed E-state index contributed by atoms with van der Waals surface area (Å²) in [6.45, 7) is 3.01. The minimum absolute atomic E-state index is 0.0403. The molecule has 1 aromatic rings. The van der Waals surface area contributed by atoms with E-state index in [2.05, 4.69) is 17.1 Å². The fraction of sp³-hybridized carbons (Fsp3) is 0.700. The van der Waals surface area contributed by atoms with Crippen LogP contribution in [-0.4, -0.2) is 49.2 Å². The Morgan fingerprint density at radius 3 is 2.94 bits per heavy atom. The van der Waals surface area contributed by atoms with Crippen molar-refractivity contribution >= 4 is 10.0 Å². The van der Waals surface area contributed by atoms with Crippen LogP contribution in [-0.2, 0) is 14.8 Å². The molecule has 0 bridgehead atoms. The molecule has 6 nitrogen and oxygen atoms in total. The maximum atomic E-state index is 12.2. The lowest BCUT2D eigenvalue weighted by atomic mass is 9.97. The highest BCUT2D eigenvalue weighted by molar-refractivity contribution is 7.89. The van der Waals surface area contributed by atoms with Gasteiger partial charge in [-0.2, -0.15) is 9.40 Å². The van der Waals surface area contributed by atoms with Crippen molar-refractivity contribution in [2.24, 2.45) is 5.92 Å². The summed E-state index contributed by atoms with van der Waals surface area (Å²) in [6, 6.07) is 1.47. The first-order valence-corrected chi connectivity index (χ1v) is 7.02. The number of H-pyrrole nitrogens is 1. The molecule has 2 rings (SSSR count). The molecule has 96 valence electrons. The van der Waals surface area contributed by atoms with Crippen LogP contribution in [0.1, 0.15) is 13.3 Å². The monoisotopic (exact) mass is 259 g/mol. The maximum absolute atomic E-state index is 12.2. The van der Waals surface area contributed by atoms with E-state index in [1.807, 2.05) is 0 Å². The summed E-state index contributed by atoms with van der Waals surface area (Å²) in [6.07, 6.45) is 2.21. The summed E-state index contributed by atoms with van der Waals surface area (Å²) in [5.74, 6) is 0.383. The third-order valence-electron chi connectivity index (χ3n) is 3.25. The van der Waals surface area contributed by atoms with Crippen molar-refractivity contribution in [3.05, 3.63) is 12.3 Å². The molecule has 1 N–H and O–H groups in total. The van der Waals surface area contributed by atoms with E-state index in [1.165, 1.54) is 16.6 Å². The normalized spacial score (nSPS) is 27.2. The van der Waals surface area contributed by atoms with E-state index < -0.39 is 10.0 Å². The molecule has 0 spiro atoms. The summed E-state index contributed by atoms with van der Waals surface area (Å²) in [7, 11) is -1.83. The van der Waals surface area contributed by atoms with Gasteiger partial charge in [0.1, 0.15) is 0 Å². The van der Waals surface area contributed by atoms with Crippen molar-refractivity contribution in [1.29, 1.82) is 0 Å². The van der Waals surface area contributed by atoms with Gasteiger partial charge >= 0.3 is 0 Å². The van der Waals surface area contributed by atoms with E-state index in [4.69, 9.17) is 4.74 Å². The fourth-order valence-corrected chi connectivity index (χ4v) is 3.42. The summed E-state index contributed by atoms with van der Waals surface area (Å²) < 4.78 is 31.2. The van der Waals surface area contributed by atoms with Gasteiger partial charge in [0.25, 0.3) is 10.0 Å². The van der Waals surface area contributed by atoms with Gasteiger partial charge in [-0.1, -0.05) is 6.92 Å². The molecule has 2 atom stereocenters. The standard InChI is InChI=1S/C10H17N3O3S/c1-8-4-6-13(7-9(8)16-2)17(14,15)10-3-5-11-12-10/h3,5,8-9H,4,6-7H2,1-2H3,(H,11,12). The Labute approximate surface area is 101 Å². The van der Waals surface area contributed by atoms with Gasteiger partial charge in [0, 0.05) is 20.2 Å². The van der Waals surface area contributed by atoms with E-state index in [1.54, 1.807) is 7.11 Å². The van der Waals surface area contributed by atoms with E-state index in [9.17, 15) is 8.42 Å². The average molecular weight is 259 g/mol. The molecular weight excluding hydrogens is 242 g/mol. The van der Waals surface area contributed by atoms with E-state index in [-0.39, 0.29) is 11.1 Å². The highest BCUT2D eigenvalue weighted by Crippen LogP contribution is 2.24. The second kappa shape index (κ2) is 4.75. The van der Waals surface area contributed by atoms with Crippen LogP contribution >= 0.6 is 0 Å². The van der Waals surface area contributed by atoms with E-state index in [0.717, 1.165) is 6.42 Å². The zero-order valence-corrected chi connectivity index (χ0v) is 10.8. The molecule has 17 heavy (non-hydrogen) atoms. The fourth-order valence-electron chi connectivity index (χ4n) is 2.06. The van der Waals surface area contributed by atoms with Crippen LogP contribution in [0.3, 0.4) is 0 Å². The number of hydrogen-bond acceptors (Lipinski definition) is 4. The van der Waals surface area contributed by atoms with Crippen LogP contribution in [0.15, 0.2) is 17.3 Å². The number of aromatic amines is 1. The largest absolute Gasteiger partial charge is 0.380 e. The maximum Gasteiger partial charge on any atom is 0.260 e. The molecule has 1 aliphatic heterocycles. The van der Waals surface area contributed by atoms with Crippen molar-refractivity contribution in [1.82, 2.24) is 14.5 Å². The third kappa shape index (κ3) is 2.36. The Kier molecular flexibility index (Phi) is 3.50. The van der Waals surface area contributed by atoms with Gasteiger partial charge < -0.3 is 4.74 Å². The number of aromatic nitrogens is 2. The first-order valence-electron chi connectivity index (χ1n) is 5.58. The molecule has 2 heterocycles. The van der Waals surface area contributed by atoms with Crippen LogP contribution in [0, 0.1) is 5.92 Å². The van der Waals surface area contributed by atoms with Crippen molar-refractivity contribution in [3.63, 3.8) is 0 Å².